The molecule has 0 atom stereocenters. The van der Waals surface area contributed by atoms with Gasteiger partial charge in [0.15, 0.2) is 5.82 Å². The van der Waals surface area contributed by atoms with Gasteiger partial charge in [-0.1, -0.05) is 0 Å². The average Bonchev–Trinajstić information content (AvgIpc) is 3.20. The van der Waals surface area contributed by atoms with Crippen molar-refractivity contribution in [1.82, 2.24) is 19.5 Å². The minimum atomic E-state index is -0.514. The number of rotatable bonds is 5. The Labute approximate surface area is 168 Å². The van der Waals surface area contributed by atoms with Gasteiger partial charge >= 0.3 is 0 Å². The molecule has 3 aromatic rings. The fraction of sp³-hybridized carbons (Fsp3) is 0.381. The molecule has 2 heterocycles. The van der Waals surface area contributed by atoms with Crippen molar-refractivity contribution in [3.8, 4) is 22.8 Å². The third-order valence-corrected chi connectivity index (χ3v) is 5.69. The Kier molecular flexibility index (Phi) is 5.29. The van der Waals surface area contributed by atoms with E-state index in [1.54, 1.807) is 37.8 Å². The fourth-order valence-electron chi connectivity index (χ4n) is 3.90. The molecule has 29 heavy (non-hydrogen) atoms. The third-order valence-electron chi connectivity index (χ3n) is 5.69. The van der Waals surface area contributed by atoms with E-state index in [9.17, 15) is 9.50 Å². The zero-order valence-corrected chi connectivity index (χ0v) is 16.3. The van der Waals surface area contributed by atoms with Gasteiger partial charge in [-0.2, -0.15) is 0 Å². The Morgan fingerprint density at radius 3 is 2.59 bits per heavy atom. The summed E-state index contributed by atoms with van der Waals surface area (Å²) in [4.78, 5) is 13.7. The van der Waals surface area contributed by atoms with Gasteiger partial charge in [-0.25, -0.2) is 19.3 Å². The first-order valence-corrected chi connectivity index (χ1v) is 9.77. The molecule has 1 saturated carbocycles. The van der Waals surface area contributed by atoms with Gasteiger partial charge in [0, 0.05) is 30.4 Å². The van der Waals surface area contributed by atoms with Crippen LogP contribution in [0.15, 0.2) is 42.9 Å². The zero-order valence-electron chi connectivity index (χ0n) is 16.3. The number of hydrogen-bond acceptors (Lipinski definition) is 6. The number of nitrogens with one attached hydrogen (secondary N) is 1. The van der Waals surface area contributed by atoms with Crippen molar-refractivity contribution in [3.63, 3.8) is 0 Å². The highest BCUT2D eigenvalue weighted by atomic mass is 19.1. The molecule has 0 bridgehead atoms. The number of benzene rings is 1. The number of nitrogens with two attached hydrogens (primary N) is 1. The van der Waals surface area contributed by atoms with Gasteiger partial charge in [-0.15, -0.1) is 0 Å². The van der Waals surface area contributed by atoms with Crippen LogP contribution in [0.3, 0.4) is 0 Å². The second kappa shape index (κ2) is 7.88. The van der Waals surface area contributed by atoms with Crippen LogP contribution in [0.4, 0.5) is 10.2 Å². The summed E-state index contributed by atoms with van der Waals surface area (Å²) < 4.78 is 15.5. The van der Waals surface area contributed by atoms with Crippen LogP contribution in [0.1, 0.15) is 31.7 Å². The molecule has 2 aromatic heterocycles. The highest BCUT2D eigenvalue weighted by Gasteiger charge is 2.33. The van der Waals surface area contributed by atoms with Gasteiger partial charge in [-0.3, -0.25) is 0 Å². The summed E-state index contributed by atoms with van der Waals surface area (Å²) in [5, 5.41) is 12.6. The molecule has 1 aliphatic rings. The molecule has 7 nitrogen and oxygen atoms in total. The van der Waals surface area contributed by atoms with E-state index in [1.807, 2.05) is 0 Å². The van der Waals surface area contributed by atoms with Crippen LogP contribution in [0.25, 0.3) is 22.8 Å². The number of halogens is 1. The molecular formula is C21H25FN6O. The van der Waals surface area contributed by atoms with Crippen LogP contribution >= 0.6 is 0 Å². The van der Waals surface area contributed by atoms with Crippen molar-refractivity contribution in [2.75, 3.05) is 19.0 Å². The molecule has 1 aliphatic carbocycles. The highest BCUT2D eigenvalue weighted by molar-refractivity contribution is 5.75. The lowest BCUT2D eigenvalue weighted by Gasteiger charge is -2.36. The molecule has 1 aromatic carbocycles. The van der Waals surface area contributed by atoms with Crippen molar-refractivity contribution >= 4 is 5.82 Å². The fourth-order valence-corrected chi connectivity index (χ4v) is 3.90. The lowest BCUT2D eigenvalue weighted by Crippen LogP contribution is -2.46. The number of aromatic nitrogens is 4. The smallest absolute Gasteiger partial charge is 0.180 e. The van der Waals surface area contributed by atoms with Crippen LogP contribution < -0.4 is 11.1 Å². The Morgan fingerprint density at radius 1 is 1.21 bits per heavy atom. The van der Waals surface area contributed by atoms with Crippen molar-refractivity contribution in [2.24, 2.45) is 5.73 Å². The number of imidazole rings is 1. The van der Waals surface area contributed by atoms with Crippen molar-refractivity contribution in [1.29, 1.82) is 0 Å². The zero-order chi connectivity index (χ0) is 20.4. The topological polar surface area (TPSA) is 102 Å². The van der Waals surface area contributed by atoms with Crippen LogP contribution in [-0.4, -0.2) is 43.8 Å². The van der Waals surface area contributed by atoms with Crippen molar-refractivity contribution in [2.45, 2.75) is 37.3 Å². The minimum absolute atomic E-state index is 0.00926. The Bertz CT molecular complexity index is 979. The maximum absolute atomic E-state index is 13.4. The van der Waals surface area contributed by atoms with E-state index in [0.717, 1.165) is 36.9 Å². The number of nitrogens with zero attached hydrogens (tertiary/aromatic N) is 4. The van der Waals surface area contributed by atoms with Crippen LogP contribution in [-0.2, 0) is 0 Å². The summed E-state index contributed by atoms with van der Waals surface area (Å²) in [5.41, 5.74) is 8.05. The first kappa shape index (κ1) is 19.5. The Hall–Kier alpha value is -2.84. The second-order valence-corrected chi connectivity index (χ2v) is 7.62. The number of aliphatic hydroxyl groups is 1. The molecule has 0 spiro atoms. The highest BCUT2D eigenvalue weighted by Crippen LogP contribution is 2.38. The maximum Gasteiger partial charge on any atom is 0.180 e. The lowest BCUT2D eigenvalue weighted by molar-refractivity contribution is 0.137. The summed E-state index contributed by atoms with van der Waals surface area (Å²) in [6, 6.07) is 8.25. The molecule has 152 valence electrons. The third kappa shape index (κ3) is 3.86. The van der Waals surface area contributed by atoms with E-state index in [1.165, 1.54) is 12.1 Å². The van der Waals surface area contributed by atoms with Crippen LogP contribution in [0.2, 0.25) is 0 Å². The number of aliphatic hydroxyl groups excluding tert-OH is 1. The van der Waals surface area contributed by atoms with Crippen LogP contribution in [0, 0.1) is 5.82 Å². The molecule has 0 saturated heterocycles. The average molecular weight is 396 g/mol. The predicted octanol–water partition coefficient (Wildman–Crippen LogP) is 2.99. The summed E-state index contributed by atoms with van der Waals surface area (Å²) in [6.07, 6.45) is 6.63. The molecule has 4 N–H and O–H groups in total. The summed E-state index contributed by atoms with van der Waals surface area (Å²) >= 11 is 0. The Morgan fingerprint density at radius 2 is 1.93 bits per heavy atom. The van der Waals surface area contributed by atoms with E-state index < -0.39 is 5.54 Å². The molecule has 0 aliphatic heterocycles. The molecule has 0 radical (unpaired) electrons. The molecule has 4 rings (SSSR count). The van der Waals surface area contributed by atoms with E-state index in [0.29, 0.717) is 17.3 Å². The van der Waals surface area contributed by atoms with E-state index in [2.05, 4.69) is 24.8 Å². The quantitative estimate of drug-likeness (QED) is 0.613. The monoisotopic (exact) mass is 396 g/mol. The summed E-state index contributed by atoms with van der Waals surface area (Å²) in [7, 11) is 1.81. The predicted molar refractivity (Wildman–Crippen MR) is 110 cm³/mol. The number of hydrogen-bond donors (Lipinski definition) is 3. The van der Waals surface area contributed by atoms with Gasteiger partial charge < -0.3 is 20.7 Å². The molecule has 8 heteroatoms. The summed E-state index contributed by atoms with van der Waals surface area (Å²) in [6.45, 7) is -0.00926. The minimum Gasteiger partial charge on any atom is -0.394 e. The second-order valence-electron chi connectivity index (χ2n) is 7.62. The maximum atomic E-state index is 13.4. The standard InChI is InChI=1S/C21H25FN6O/c1-24-17-8-11-25-20(27-17)19-18(14-2-4-15(22)5-3-14)26-13-28(19)16-6-9-21(23,12-29)10-7-16/h2-5,8,11,13,16,29H,6-7,9-10,12,23H2,1H3,(H,24,25,27). The van der Waals surface area contributed by atoms with Crippen molar-refractivity contribution in [3.05, 3.63) is 48.7 Å². The van der Waals surface area contributed by atoms with Gasteiger partial charge in [-0.05, 0) is 56.0 Å². The van der Waals surface area contributed by atoms with E-state index in [4.69, 9.17) is 5.73 Å². The molecular weight excluding hydrogens is 371 g/mol. The SMILES string of the molecule is CNc1ccnc(-c2c(-c3ccc(F)cc3)ncn2C2CCC(N)(CO)CC2)n1. The normalized spacial score (nSPS) is 21.9. The first-order chi connectivity index (χ1) is 14.0. The van der Waals surface area contributed by atoms with Gasteiger partial charge in [0.1, 0.15) is 17.3 Å². The van der Waals surface area contributed by atoms with Gasteiger partial charge in [0.2, 0.25) is 0 Å². The van der Waals surface area contributed by atoms with Gasteiger partial charge in [0.25, 0.3) is 0 Å². The molecule has 0 unspecified atom stereocenters. The van der Waals surface area contributed by atoms with E-state index in [-0.39, 0.29) is 18.5 Å². The molecule has 1 fully saturated rings. The Balaban J connectivity index is 1.78. The first-order valence-electron chi connectivity index (χ1n) is 9.77. The van der Waals surface area contributed by atoms with Gasteiger partial charge in [0.05, 0.1) is 18.6 Å². The number of anilines is 1. The van der Waals surface area contributed by atoms with E-state index >= 15 is 0 Å². The lowest BCUT2D eigenvalue weighted by atomic mass is 9.80. The largest absolute Gasteiger partial charge is 0.394 e. The molecule has 0 amide bonds. The van der Waals surface area contributed by atoms with Crippen molar-refractivity contribution < 1.29 is 9.50 Å². The summed E-state index contributed by atoms with van der Waals surface area (Å²) in [5.74, 6) is 0.969. The van der Waals surface area contributed by atoms with Crippen LogP contribution in [0.5, 0.6) is 0 Å².